The molecule has 0 aliphatic heterocycles. The Kier molecular flexibility index (Phi) is 4.44. The molecule has 0 spiro atoms. The second-order valence-electron chi connectivity index (χ2n) is 4.59. The Labute approximate surface area is 112 Å². The fraction of sp³-hybridized carbons (Fsp3) is 0.400. The van der Waals surface area contributed by atoms with E-state index in [4.69, 9.17) is 9.47 Å². The third-order valence-corrected chi connectivity index (χ3v) is 3.20. The van der Waals surface area contributed by atoms with Crippen molar-refractivity contribution in [2.24, 2.45) is 0 Å². The number of rotatable bonds is 5. The van der Waals surface area contributed by atoms with Gasteiger partial charge in [-0.05, 0) is 49.5 Å². The second kappa shape index (κ2) is 6.27. The molecule has 102 valence electrons. The van der Waals surface area contributed by atoms with Crippen molar-refractivity contribution in [2.75, 3.05) is 7.11 Å². The summed E-state index contributed by atoms with van der Waals surface area (Å²) in [6.45, 7) is 0. The van der Waals surface area contributed by atoms with E-state index in [-0.39, 0.29) is 6.10 Å². The predicted molar refractivity (Wildman–Crippen MR) is 69.9 cm³/mol. The van der Waals surface area contributed by atoms with Gasteiger partial charge in [0.15, 0.2) is 11.5 Å². The summed E-state index contributed by atoms with van der Waals surface area (Å²) in [7, 11) is 1.59. The first-order valence-electron chi connectivity index (χ1n) is 6.43. The zero-order valence-electron chi connectivity index (χ0n) is 10.9. The summed E-state index contributed by atoms with van der Waals surface area (Å²) >= 11 is 0. The largest absolute Gasteiger partial charge is 0.545 e. The van der Waals surface area contributed by atoms with Gasteiger partial charge in [-0.2, -0.15) is 0 Å². The van der Waals surface area contributed by atoms with Crippen LogP contribution in [0.1, 0.15) is 31.2 Å². The molecule has 0 saturated heterocycles. The van der Waals surface area contributed by atoms with E-state index in [1.165, 1.54) is 18.9 Å². The molecule has 0 radical (unpaired) electrons. The first kappa shape index (κ1) is 13.5. The maximum Gasteiger partial charge on any atom is 0.162 e. The van der Waals surface area contributed by atoms with Gasteiger partial charge in [-0.25, -0.2) is 0 Å². The topological polar surface area (TPSA) is 58.6 Å². The van der Waals surface area contributed by atoms with E-state index in [1.807, 2.05) is 0 Å². The predicted octanol–water partition coefficient (Wildman–Crippen LogP) is 1.78. The molecule has 2 rings (SSSR count). The molecule has 19 heavy (non-hydrogen) atoms. The summed E-state index contributed by atoms with van der Waals surface area (Å²) < 4.78 is 11.2. The van der Waals surface area contributed by atoms with Crippen molar-refractivity contribution in [1.29, 1.82) is 0 Å². The van der Waals surface area contributed by atoms with Crippen molar-refractivity contribution >= 4 is 12.0 Å². The molecule has 0 N–H and O–H groups in total. The number of ether oxygens (including phenoxy) is 2. The minimum absolute atomic E-state index is 0.231. The van der Waals surface area contributed by atoms with Crippen LogP contribution in [0.2, 0.25) is 0 Å². The van der Waals surface area contributed by atoms with Crippen LogP contribution < -0.4 is 14.6 Å². The fourth-order valence-corrected chi connectivity index (χ4v) is 2.24. The van der Waals surface area contributed by atoms with Gasteiger partial charge < -0.3 is 19.4 Å². The standard InChI is InChI=1S/C15H18O4/c1-18-13-8-6-11(7-9-15(16)17)10-14(13)19-12-4-2-3-5-12/h6-10,12H,2-5H2,1H3,(H,16,17)/p-1/b9-7+. The van der Waals surface area contributed by atoms with E-state index in [0.29, 0.717) is 11.5 Å². The molecular weight excluding hydrogens is 244 g/mol. The van der Waals surface area contributed by atoms with Gasteiger partial charge in [0.25, 0.3) is 0 Å². The molecular formula is C15H17O4-. The Morgan fingerprint density at radius 3 is 2.68 bits per heavy atom. The minimum atomic E-state index is -1.21. The number of carboxylic acid groups (broad SMARTS) is 1. The number of carbonyl (C=O) groups excluding carboxylic acids is 1. The van der Waals surface area contributed by atoms with E-state index < -0.39 is 5.97 Å². The van der Waals surface area contributed by atoms with Gasteiger partial charge in [-0.15, -0.1) is 0 Å². The average Bonchev–Trinajstić information content (AvgIpc) is 2.89. The SMILES string of the molecule is COc1ccc(/C=C/C(=O)[O-])cc1OC1CCCC1. The number of methoxy groups -OCH3 is 1. The number of benzene rings is 1. The van der Waals surface area contributed by atoms with Gasteiger partial charge in [0.1, 0.15) is 0 Å². The van der Waals surface area contributed by atoms with E-state index >= 15 is 0 Å². The monoisotopic (exact) mass is 261 g/mol. The van der Waals surface area contributed by atoms with Crippen molar-refractivity contribution in [3.63, 3.8) is 0 Å². The smallest absolute Gasteiger partial charge is 0.162 e. The zero-order valence-corrected chi connectivity index (χ0v) is 10.9. The van der Waals surface area contributed by atoms with Crippen LogP contribution in [0.25, 0.3) is 6.08 Å². The van der Waals surface area contributed by atoms with Gasteiger partial charge >= 0.3 is 0 Å². The van der Waals surface area contributed by atoms with Crippen molar-refractivity contribution in [2.45, 2.75) is 31.8 Å². The van der Waals surface area contributed by atoms with Crippen LogP contribution >= 0.6 is 0 Å². The third kappa shape index (κ3) is 3.74. The molecule has 1 aliphatic rings. The highest BCUT2D eigenvalue weighted by Crippen LogP contribution is 2.32. The quantitative estimate of drug-likeness (QED) is 0.758. The van der Waals surface area contributed by atoms with Gasteiger partial charge in [0.2, 0.25) is 0 Å². The van der Waals surface area contributed by atoms with Crippen molar-refractivity contribution < 1.29 is 19.4 Å². The molecule has 1 aromatic carbocycles. The maximum absolute atomic E-state index is 10.4. The van der Waals surface area contributed by atoms with Crippen LogP contribution in [-0.2, 0) is 4.79 Å². The highest BCUT2D eigenvalue weighted by atomic mass is 16.5. The van der Waals surface area contributed by atoms with Crippen LogP contribution in [0.15, 0.2) is 24.3 Å². The second-order valence-corrected chi connectivity index (χ2v) is 4.59. The number of carboxylic acids is 1. The van der Waals surface area contributed by atoms with Crippen LogP contribution in [0.5, 0.6) is 11.5 Å². The Balaban J connectivity index is 2.17. The van der Waals surface area contributed by atoms with Gasteiger partial charge in [0.05, 0.1) is 19.2 Å². The number of hydrogen-bond donors (Lipinski definition) is 0. The Bertz CT molecular complexity index is 473. The number of aliphatic carboxylic acids is 1. The van der Waals surface area contributed by atoms with Crippen LogP contribution in [0, 0.1) is 0 Å². The maximum atomic E-state index is 10.4. The highest BCUT2D eigenvalue weighted by molar-refractivity contribution is 5.83. The van der Waals surface area contributed by atoms with Gasteiger partial charge in [-0.3, -0.25) is 0 Å². The summed E-state index contributed by atoms with van der Waals surface area (Å²) in [5.74, 6) is 0.112. The Morgan fingerprint density at radius 1 is 1.32 bits per heavy atom. The lowest BCUT2D eigenvalue weighted by Crippen LogP contribution is -2.18. The Morgan fingerprint density at radius 2 is 2.05 bits per heavy atom. The molecule has 1 aliphatic carbocycles. The van der Waals surface area contributed by atoms with E-state index in [9.17, 15) is 9.90 Å². The molecule has 0 unspecified atom stereocenters. The molecule has 0 heterocycles. The first-order chi connectivity index (χ1) is 9.19. The summed E-state index contributed by atoms with van der Waals surface area (Å²) in [5.41, 5.74) is 0.748. The molecule has 1 fully saturated rings. The summed E-state index contributed by atoms with van der Waals surface area (Å²) in [6.07, 6.45) is 7.21. The molecule has 4 heteroatoms. The molecule has 1 saturated carbocycles. The first-order valence-corrected chi connectivity index (χ1v) is 6.43. The summed E-state index contributed by atoms with van der Waals surface area (Å²) in [5, 5.41) is 10.4. The van der Waals surface area contributed by atoms with Gasteiger partial charge in [-0.1, -0.05) is 12.1 Å². The van der Waals surface area contributed by atoms with Crippen LogP contribution in [-0.4, -0.2) is 19.2 Å². The molecule has 0 aromatic heterocycles. The van der Waals surface area contributed by atoms with Crippen LogP contribution in [0.4, 0.5) is 0 Å². The van der Waals surface area contributed by atoms with E-state index in [2.05, 4.69) is 0 Å². The number of carbonyl (C=O) groups is 1. The average molecular weight is 261 g/mol. The summed E-state index contributed by atoms with van der Waals surface area (Å²) in [6, 6.07) is 5.34. The van der Waals surface area contributed by atoms with E-state index in [0.717, 1.165) is 24.5 Å². The molecule has 0 bridgehead atoms. The number of hydrogen-bond acceptors (Lipinski definition) is 4. The molecule has 1 aromatic rings. The third-order valence-electron chi connectivity index (χ3n) is 3.20. The lowest BCUT2D eigenvalue weighted by Gasteiger charge is -2.16. The van der Waals surface area contributed by atoms with Gasteiger partial charge in [0, 0.05) is 0 Å². The van der Waals surface area contributed by atoms with Crippen LogP contribution in [0.3, 0.4) is 0 Å². The molecule has 4 nitrogen and oxygen atoms in total. The molecule has 0 atom stereocenters. The van der Waals surface area contributed by atoms with E-state index in [1.54, 1.807) is 25.3 Å². The normalized spacial score (nSPS) is 15.8. The van der Waals surface area contributed by atoms with Crippen molar-refractivity contribution in [3.05, 3.63) is 29.8 Å². The molecule has 0 amide bonds. The minimum Gasteiger partial charge on any atom is -0.545 e. The summed E-state index contributed by atoms with van der Waals surface area (Å²) in [4.78, 5) is 10.4. The lowest BCUT2D eigenvalue weighted by atomic mass is 10.2. The lowest BCUT2D eigenvalue weighted by molar-refractivity contribution is -0.297. The van der Waals surface area contributed by atoms with Crippen molar-refractivity contribution in [1.82, 2.24) is 0 Å². The highest BCUT2D eigenvalue weighted by Gasteiger charge is 2.18. The zero-order chi connectivity index (χ0) is 13.7. The van der Waals surface area contributed by atoms with Crippen molar-refractivity contribution in [3.8, 4) is 11.5 Å². The Hall–Kier alpha value is -1.97. The fourth-order valence-electron chi connectivity index (χ4n) is 2.24.